The van der Waals surface area contributed by atoms with Gasteiger partial charge in [0.15, 0.2) is 6.61 Å². The van der Waals surface area contributed by atoms with E-state index in [0.717, 1.165) is 16.0 Å². The molecule has 0 aliphatic carbocycles. The summed E-state index contributed by atoms with van der Waals surface area (Å²) in [5.41, 5.74) is 4.51. The third-order valence-corrected chi connectivity index (χ3v) is 4.03. The number of rotatable bonds is 6. The van der Waals surface area contributed by atoms with Crippen LogP contribution in [0.2, 0.25) is 0 Å². The van der Waals surface area contributed by atoms with Crippen molar-refractivity contribution in [1.82, 2.24) is 15.1 Å². The third-order valence-electron chi connectivity index (χ3n) is 4.03. The Kier molecular flexibility index (Phi) is 5.69. The lowest BCUT2D eigenvalue weighted by molar-refractivity contribution is -0.126. The molecule has 8 nitrogen and oxygen atoms in total. The number of aryl methyl sites for hydroxylation is 1. The van der Waals surface area contributed by atoms with E-state index in [-0.39, 0.29) is 12.2 Å². The van der Waals surface area contributed by atoms with Crippen molar-refractivity contribution >= 4 is 28.7 Å². The van der Waals surface area contributed by atoms with E-state index in [1.54, 1.807) is 31.2 Å². The van der Waals surface area contributed by atoms with Gasteiger partial charge >= 0.3 is 0 Å². The fourth-order valence-electron chi connectivity index (χ4n) is 2.57. The van der Waals surface area contributed by atoms with Gasteiger partial charge in [-0.05, 0) is 36.8 Å². The molecule has 0 aliphatic heterocycles. The largest absolute Gasteiger partial charge is 0.399 e. The number of nitrogens with one attached hydrogen (secondary N) is 1. The quantitative estimate of drug-likeness (QED) is 0.516. The molecule has 0 saturated heterocycles. The summed E-state index contributed by atoms with van der Waals surface area (Å²) in [6.45, 7) is 1.28. The van der Waals surface area contributed by atoms with Crippen LogP contribution in [0.15, 0.2) is 58.4 Å². The van der Waals surface area contributed by atoms with Crippen molar-refractivity contribution < 1.29 is 9.63 Å². The number of hydrogen-bond donors (Lipinski definition) is 1. The van der Waals surface area contributed by atoms with E-state index in [0.29, 0.717) is 16.7 Å². The molecule has 2 aromatic carbocycles. The molecule has 0 bridgehead atoms. The van der Waals surface area contributed by atoms with Crippen molar-refractivity contribution in [2.75, 3.05) is 25.6 Å². The number of hydrazone groups is 1. The number of carbonyl (C=O) groups excluding carboxylic acids is 1. The molecule has 0 fully saturated rings. The van der Waals surface area contributed by atoms with Crippen LogP contribution in [0.25, 0.3) is 10.9 Å². The van der Waals surface area contributed by atoms with Crippen molar-refractivity contribution in [3.05, 3.63) is 70.3 Å². The number of anilines is 1. The van der Waals surface area contributed by atoms with Crippen LogP contribution in [0.5, 0.6) is 0 Å². The van der Waals surface area contributed by atoms with Crippen molar-refractivity contribution in [1.29, 1.82) is 0 Å². The predicted octanol–water partition coefficient (Wildman–Crippen LogP) is 1.35. The normalized spacial score (nSPS) is 11.0. The average molecular weight is 379 g/mol. The van der Waals surface area contributed by atoms with E-state index in [2.05, 4.69) is 15.5 Å². The number of carbonyl (C=O) groups is 1. The van der Waals surface area contributed by atoms with E-state index >= 15 is 0 Å². The van der Waals surface area contributed by atoms with Crippen LogP contribution in [0.1, 0.15) is 11.4 Å². The zero-order valence-corrected chi connectivity index (χ0v) is 15.9. The molecule has 1 heterocycles. The number of para-hydroxylation sites is 1. The van der Waals surface area contributed by atoms with Crippen LogP contribution in [-0.2, 0) is 4.79 Å². The van der Waals surface area contributed by atoms with E-state index in [4.69, 9.17) is 4.84 Å². The van der Waals surface area contributed by atoms with Crippen molar-refractivity contribution in [3.8, 4) is 0 Å². The molecule has 144 valence electrons. The first-order valence-corrected chi connectivity index (χ1v) is 8.66. The summed E-state index contributed by atoms with van der Waals surface area (Å²) in [6.07, 6.45) is 1.53. The van der Waals surface area contributed by atoms with Gasteiger partial charge in [0.05, 0.1) is 17.1 Å². The first-order valence-electron chi connectivity index (χ1n) is 8.66. The Morgan fingerprint density at radius 3 is 2.64 bits per heavy atom. The van der Waals surface area contributed by atoms with E-state index in [1.807, 2.05) is 43.3 Å². The van der Waals surface area contributed by atoms with Crippen LogP contribution in [0.3, 0.4) is 0 Å². The zero-order valence-electron chi connectivity index (χ0n) is 15.9. The molecule has 3 rings (SSSR count). The molecule has 0 radical (unpaired) electrons. The van der Waals surface area contributed by atoms with Crippen LogP contribution >= 0.6 is 0 Å². The van der Waals surface area contributed by atoms with Gasteiger partial charge in [0.2, 0.25) is 0 Å². The molecule has 1 N–H and O–H groups in total. The zero-order chi connectivity index (χ0) is 20.1. The number of hydrogen-bond acceptors (Lipinski definition) is 6. The van der Waals surface area contributed by atoms with Gasteiger partial charge < -0.3 is 9.74 Å². The highest BCUT2D eigenvalue weighted by atomic mass is 16.7. The molecule has 1 amide bonds. The molecule has 0 saturated carbocycles. The monoisotopic (exact) mass is 379 g/mol. The standard InChI is InChI=1S/C20H21N5O3/c1-14-22-18-7-5-4-6-17(18)20(27)25(14)28-13-19(26)23-21-12-15-8-10-16(11-9-15)24(2)3/h4-12H,13H2,1-3H3,(H,23,26)/b21-12+. The topological polar surface area (TPSA) is 88.8 Å². The van der Waals surface area contributed by atoms with Gasteiger partial charge in [-0.3, -0.25) is 9.59 Å². The number of fused-ring (bicyclic) bond motifs is 1. The van der Waals surface area contributed by atoms with E-state index in [1.165, 1.54) is 6.21 Å². The number of amides is 1. The van der Waals surface area contributed by atoms with Gasteiger partial charge in [-0.25, -0.2) is 10.4 Å². The predicted molar refractivity (Wildman–Crippen MR) is 109 cm³/mol. The molecular weight excluding hydrogens is 358 g/mol. The molecule has 28 heavy (non-hydrogen) atoms. The first-order chi connectivity index (χ1) is 13.5. The van der Waals surface area contributed by atoms with Gasteiger partial charge in [-0.1, -0.05) is 24.3 Å². The summed E-state index contributed by atoms with van der Waals surface area (Å²) in [7, 11) is 3.92. The third kappa shape index (κ3) is 4.35. The Morgan fingerprint density at radius 1 is 1.21 bits per heavy atom. The molecule has 0 aliphatic rings. The Hall–Kier alpha value is -3.68. The number of nitrogens with zero attached hydrogens (tertiary/aromatic N) is 4. The smallest absolute Gasteiger partial charge is 0.294 e. The van der Waals surface area contributed by atoms with Crippen molar-refractivity contribution in [2.24, 2.45) is 5.10 Å². The Morgan fingerprint density at radius 2 is 1.93 bits per heavy atom. The van der Waals surface area contributed by atoms with Crippen LogP contribution < -0.4 is 20.7 Å². The minimum absolute atomic E-state index is 0.361. The van der Waals surface area contributed by atoms with E-state index < -0.39 is 5.91 Å². The highest BCUT2D eigenvalue weighted by Gasteiger charge is 2.10. The highest BCUT2D eigenvalue weighted by molar-refractivity contribution is 5.83. The number of benzene rings is 2. The average Bonchev–Trinajstić information content (AvgIpc) is 2.68. The van der Waals surface area contributed by atoms with Crippen molar-refractivity contribution in [3.63, 3.8) is 0 Å². The van der Waals surface area contributed by atoms with Crippen LogP contribution in [0, 0.1) is 6.92 Å². The summed E-state index contributed by atoms with van der Waals surface area (Å²) in [5.74, 6) is -0.124. The number of aromatic nitrogens is 2. The fourth-order valence-corrected chi connectivity index (χ4v) is 2.57. The summed E-state index contributed by atoms with van der Waals surface area (Å²) in [6, 6.07) is 14.7. The summed E-state index contributed by atoms with van der Waals surface area (Å²) >= 11 is 0. The molecule has 0 unspecified atom stereocenters. The lowest BCUT2D eigenvalue weighted by Gasteiger charge is -2.11. The molecule has 8 heteroatoms. The van der Waals surface area contributed by atoms with Crippen LogP contribution in [-0.4, -0.2) is 42.5 Å². The maximum Gasteiger partial charge on any atom is 0.294 e. The Balaban J connectivity index is 1.60. The maximum atomic E-state index is 12.5. The molecular formula is C20H21N5O3. The molecule has 0 atom stereocenters. The molecule has 3 aromatic rings. The fraction of sp³-hybridized carbons (Fsp3) is 0.200. The second-order valence-corrected chi connectivity index (χ2v) is 6.33. The maximum absolute atomic E-state index is 12.5. The van der Waals surface area contributed by atoms with E-state index in [9.17, 15) is 9.59 Å². The summed E-state index contributed by atoms with van der Waals surface area (Å²) in [5, 5.41) is 4.33. The van der Waals surface area contributed by atoms with Gasteiger partial charge in [-0.15, -0.1) is 4.73 Å². The lowest BCUT2D eigenvalue weighted by atomic mass is 10.2. The molecule has 0 spiro atoms. The molecule has 1 aromatic heterocycles. The Labute approximate surface area is 162 Å². The van der Waals surface area contributed by atoms with Gasteiger partial charge in [0, 0.05) is 19.8 Å². The summed E-state index contributed by atoms with van der Waals surface area (Å²) in [4.78, 5) is 36.0. The van der Waals surface area contributed by atoms with Gasteiger partial charge in [0.25, 0.3) is 11.5 Å². The van der Waals surface area contributed by atoms with Gasteiger partial charge in [0.1, 0.15) is 5.82 Å². The minimum atomic E-state index is -0.486. The summed E-state index contributed by atoms with van der Waals surface area (Å²) < 4.78 is 1.02. The lowest BCUT2D eigenvalue weighted by Crippen LogP contribution is -2.35. The Bertz CT molecular complexity index is 1070. The van der Waals surface area contributed by atoms with Gasteiger partial charge in [-0.2, -0.15) is 5.10 Å². The second kappa shape index (κ2) is 8.34. The highest BCUT2D eigenvalue weighted by Crippen LogP contribution is 2.10. The second-order valence-electron chi connectivity index (χ2n) is 6.33. The minimum Gasteiger partial charge on any atom is -0.399 e. The van der Waals surface area contributed by atoms with Crippen LogP contribution in [0.4, 0.5) is 5.69 Å². The first kappa shape index (κ1) is 19.1. The SMILES string of the molecule is Cc1nc2ccccc2c(=O)n1OCC(=O)N/N=C/c1ccc(N(C)C)cc1. The van der Waals surface area contributed by atoms with Crippen molar-refractivity contribution in [2.45, 2.75) is 6.92 Å².